The van der Waals surface area contributed by atoms with Crippen molar-refractivity contribution in [3.8, 4) is 0 Å². The molecule has 228 valence electrons. The Morgan fingerprint density at radius 2 is 1.48 bits per heavy atom. The Morgan fingerprint density at radius 1 is 0.875 bits per heavy atom. The third-order valence-corrected chi connectivity index (χ3v) is 7.80. The van der Waals surface area contributed by atoms with Gasteiger partial charge in [-0.05, 0) is 31.4 Å². The summed E-state index contributed by atoms with van der Waals surface area (Å²) in [6.45, 7) is 5.52. The highest BCUT2D eigenvalue weighted by molar-refractivity contribution is 5.90. The summed E-state index contributed by atoms with van der Waals surface area (Å²) in [5, 5.41) is 0. The highest BCUT2D eigenvalue weighted by atomic mass is 16.6. The average Bonchev–Trinajstić information content (AvgIpc) is 3.43. The third-order valence-electron chi connectivity index (χ3n) is 7.80. The summed E-state index contributed by atoms with van der Waals surface area (Å²) < 4.78 is 17.5. The van der Waals surface area contributed by atoms with E-state index >= 15 is 0 Å². The minimum absolute atomic E-state index is 0.0801. The van der Waals surface area contributed by atoms with Gasteiger partial charge in [0.25, 0.3) is 0 Å². The van der Waals surface area contributed by atoms with E-state index in [0.29, 0.717) is 25.5 Å². The Bertz CT molecular complexity index is 782. The number of ether oxygens (including phenoxy) is 3. The molecule has 0 radical (unpaired) electrons. The quantitative estimate of drug-likeness (QED) is 0.125. The van der Waals surface area contributed by atoms with Crippen molar-refractivity contribution in [1.82, 2.24) is 9.88 Å². The molecule has 1 aliphatic heterocycles. The van der Waals surface area contributed by atoms with Crippen molar-refractivity contribution >= 4 is 12.0 Å². The van der Waals surface area contributed by atoms with E-state index in [1.54, 1.807) is 18.3 Å². The largest absolute Gasteiger partial charge is 0.446 e. The molecule has 1 aromatic rings. The lowest BCUT2D eigenvalue weighted by molar-refractivity contribution is -0.129. The molecule has 2 heterocycles. The van der Waals surface area contributed by atoms with Gasteiger partial charge in [-0.2, -0.15) is 0 Å². The van der Waals surface area contributed by atoms with E-state index in [9.17, 15) is 9.59 Å². The fourth-order valence-electron chi connectivity index (χ4n) is 5.26. The van der Waals surface area contributed by atoms with Crippen LogP contribution in [0.3, 0.4) is 0 Å². The zero-order chi connectivity index (χ0) is 28.7. The maximum Gasteiger partial charge on any atom is 0.416 e. The number of aromatic nitrogens is 1. The van der Waals surface area contributed by atoms with E-state index in [2.05, 4.69) is 11.9 Å². The molecular weight excluding hydrogens is 504 g/mol. The van der Waals surface area contributed by atoms with Crippen LogP contribution in [0.5, 0.6) is 0 Å². The first-order valence-electron chi connectivity index (χ1n) is 16.1. The number of nitrogens with zero attached hydrogens (tertiary/aromatic N) is 2. The van der Waals surface area contributed by atoms with Gasteiger partial charge in [0, 0.05) is 26.3 Å². The van der Waals surface area contributed by atoms with E-state index in [4.69, 9.17) is 14.2 Å². The summed E-state index contributed by atoms with van der Waals surface area (Å²) in [5.74, 6) is -0.378. The Labute approximate surface area is 243 Å². The zero-order valence-electron chi connectivity index (χ0n) is 25.5. The van der Waals surface area contributed by atoms with Crippen LogP contribution in [-0.2, 0) is 25.5 Å². The van der Waals surface area contributed by atoms with Gasteiger partial charge in [0.1, 0.15) is 12.2 Å². The number of unbranched alkanes of at least 4 members (excludes halogenated alkanes) is 15. The smallest absolute Gasteiger partial charge is 0.416 e. The van der Waals surface area contributed by atoms with Gasteiger partial charge < -0.3 is 14.2 Å². The highest BCUT2D eigenvalue weighted by Crippen LogP contribution is 2.27. The maximum atomic E-state index is 12.7. The number of pyridine rings is 1. The Morgan fingerprint density at radius 3 is 1.98 bits per heavy atom. The number of imide groups is 1. The van der Waals surface area contributed by atoms with Gasteiger partial charge in [-0.15, -0.1) is 0 Å². The molecule has 7 nitrogen and oxygen atoms in total. The summed E-state index contributed by atoms with van der Waals surface area (Å²) in [6.07, 6.45) is 24.2. The monoisotopic (exact) mass is 560 g/mol. The summed E-state index contributed by atoms with van der Waals surface area (Å²) in [4.78, 5) is 30.0. The molecule has 7 heteroatoms. The van der Waals surface area contributed by atoms with E-state index < -0.39 is 11.7 Å². The topological polar surface area (TPSA) is 78.0 Å². The molecule has 40 heavy (non-hydrogen) atoms. The van der Waals surface area contributed by atoms with Crippen molar-refractivity contribution in [2.24, 2.45) is 0 Å². The predicted octanol–water partition coefficient (Wildman–Crippen LogP) is 8.39. The minimum atomic E-state index is -0.675. The van der Waals surface area contributed by atoms with Gasteiger partial charge >= 0.3 is 6.09 Å². The standard InChI is InChI=1S/C33H56N2O5/c1-3-4-5-6-7-8-9-10-11-12-13-14-15-16-17-20-25-38-28-33(23-21-26-40-33)29-39-32(37)35(30(2)36)27-31-22-18-19-24-34-31/h18-19,22,24H,3-17,20-21,23,25-29H2,1-2H3. The summed E-state index contributed by atoms with van der Waals surface area (Å²) in [6, 6.07) is 5.39. The van der Waals surface area contributed by atoms with E-state index in [1.165, 1.54) is 103 Å². The van der Waals surface area contributed by atoms with Gasteiger partial charge in [-0.1, -0.05) is 109 Å². The average molecular weight is 561 g/mol. The fraction of sp³-hybridized carbons (Fsp3) is 0.788. The number of carbonyl (C=O) groups excluding carboxylic acids is 2. The van der Waals surface area contributed by atoms with Crippen molar-refractivity contribution < 1.29 is 23.8 Å². The molecule has 0 aliphatic carbocycles. The summed E-state index contributed by atoms with van der Waals surface area (Å²) in [7, 11) is 0. The van der Waals surface area contributed by atoms with Crippen LogP contribution in [0.1, 0.15) is 135 Å². The lowest BCUT2D eigenvalue weighted by Crippen LogP contribution is -2.43. The van der Waals surface area contributed by atoms with Crippen LogP contribution in [0.25, 0.3) is 0 Å². The second-order valence-corrected chi connectivity index (χ2v) is 11.5. The van der Waals surface area contributed by atoms with Crippen molar-refractivity contribution in [3.63, 3.8) is 0 Å². The van der Waals surface area contributed by atoms with Gasteiger partial charge in [0.05, 0.1) is 18.8 Å². The number of carbonyl (C=O) groups is 2. The van der Waals surface area contributed by atoms with Crippen LogP contribution >= 0.6 is 0 Å². The molecule has 1 unspecified atom stereocenters. The molecule has 0 spiro atoms. The molecule has 2 rings (SSSR count). The molecular formula is C33H56N2O5. The molecule has 1 aromatic heterocycles. The van der Waals surface area contributed by atoms with Crippen LogP contribution in [0, 0.1) is 0 Å². The van der Waals surface area contributed by atoms with Crippen molar-refractivity contribution in [2.75, 3.05) is 26.4 Å². The van der Waals surface area contributed by atoms with Crippen molar-refractivity contribution in [3.05, 3.63) is 30.1 Å². The SMILES string of the molecule is CCCCCCCCCCCCCCCCCCOCC1(COC(=O)N(Cc2ccccn2)C(C)=O)CCCO1. The van der Waals surface area contributed by atoms with Crippen LogP contribution in [0.15, 0.2) is 24.4 Å². The Kier molecular flexibility index (Phi) is 18.6. The molecule has 1 fully saturated rings. The van der Waals surface area contributed by atoms with Crippen molar-refractivity contribution in [1.29, 1.82) is 0 Å². The molecule has 0 saturated carbocycles. The lowest BCUT2D eigenvalue weighted by Gasteiger charge is -2.29. The van der Waals surface area contributed by atoms with Gasteiger partial charge in [0.2, 0.25) is 5.91 Å². The van der Waals surface area contributed by atoms with Gasteiger partial charge in [-0.3, -0.25) is 9.78 Å². The number of hydrogen-bond donors (Lipinski definition) is 0. The summed E-state index contributed by atoms with van der Waals surface area (Å²) >= 11 is 0. The summed E-state index contributed by atoms with van der Waals surface area (Å²) in [5.41, 5.74) is 0.00153. The highest BCUT2D eigenvalue weighted by Gasteiger charge is 2.38. The second-order valence-electron chi connectivity index (χ2n) is 11.5. The number of hydrogen-bond acceptors (Lipinski definition) is 6. The molecule has 2 amide bonds. The van der Waals surface area contributed by atoms with Crippen LogP contribution in [-0.4, -0.2) is 53.9 Å². The van der Waals surface area contributed by atoms with E-state index in [0.717, 1.165) is 24.2 Å². The maximum absolute atomic E-state index is 12.7. The molecule has 0 N–H and O–H groups in total. The Balaban J connectivity index is 1.49. The molecule has 0 bridgehead atoms. The molecule has 1 saturated heterocycles. The Hall–Kier alpha value is -1.99. The second kappa shape index (κ2) is 21.7. The van der Waals surface area contributed by atoms with Crippen LogP contribution in [0.2, 0.25) is 0 Å². The lowest BCUT2D eigenvalue weighted by atomic mass is 10.0. The van der Waals surface area contributed by atoms with Gasteiger partial charge in [-0.25, -0.2) is 9.69 Å². The van der Waals surface area contributed by atoms with E-state index in [1.807, 2.05) is 6.07 Å². The van der Waals surface area contributed by atoms with Crippen LogP contribution in [0.4, 0.5) is 4.79 Å². The van der Waals surface area contributed by atoms with Gasteiger partial charge in [0.15, 0.2) is 0 Å². The van der Waals surface area contributed by atoms with Crippen molar-refractivity contribution in [2.45, 2.75) is 142 Å². The first kappa shape index (κ1) is 34.2. The fourth-order valence-corrected chi connectivity index (χ4v) is 5.26. The van der Waals surface area contributed by atoms with E-state index in [-0.39, 0.29) is 19.1 Å². The molecule has 1 atom stereocenters. The third kappa shape index (κ3) is 15.1. The minimum Gasteiger partial charge on any atom is -0.446 e. The molecule has 1 aliphatic rings. The van der Waals surface area contributed by atoms with Crippen LogP contribution < -0.4 is 0 Å². The number of rotatable bonds is 23. The first-order chi connectivity index (χ1) is 19.6. The predicted molar refractivity (Wildman–Crippen MR) is 160 cm³/mol. The first-order valence-corrected chi connectivity index (χ1v) is 16.1. The number of amides is 2. The molecule has 0 aromatic carbocycles. The normalized spacial score (nSPS) is 16.8. The zero-order valence-corrected chi connectivity index (χ0v) is 25.5.